The molecular formula is C15H22. The van der Waals surface area contributed by atoms with Gasteiger partial charge in [-0.05, 0) is 23.5 Å². The topological polar surface area (TPSA) is 0 Å². The van der Waals surface area contributed by atoms with E-state index in [1.807, 2.05) is 6.08 Å². The number of hydrogen-bond acceptors (Lipinski definition) is 0. The molecule has 0 nitrogen and oxygen atoms in total. The molecule has 1 aromatic rings. The zero-order valence-electron chi connectivity index (χ0n) is 10.00. The lowest BCUT2D eigenvalue weighted by Crippen LogP contribution is -1.96. The monoisotopic (exact) mass is 202 g/mol. The lowest BCUT2D eigenvalue weighted by molar-refractivity contribution is 0.597. The van der Waals surface area contributed by atoms with Gasteiger partial charge in [0.15, 0.2) is 0 Å². The van der Waals surface area contributed by atoms with E-state index in [1.54, 1.807) is 0 Å². The van der Waals surface area contributed by atoms with E-state index in [-0.39, 0.29) is 0 Å². The summed E-state index contributed by atoms with van der Waals surface area (Å²) in [4.78, 5) is 0. The lowest BCUT2D eigenvalue weighted by atomic mass is 9.91. The first-order chi connectivity index (χ1) is 7.29. The Kier molecular flexibility index (Phi) is 5.17. The Morgan fingerprint density at radius 3 is 2.67 bits per heavy atom. The first-order valence-electron chi connectivity index (χ1n) is 6.01. The highest BCUT2D eigenvalue weighted by molar-refractivity contribution is 5.52. The van der Waals surface area contributed by atoms with Crippen LogP contribution in [-0.4, -0.2) is 0 Å². The zero-order valence-corrected chi connectivity index (χ0v) is 10.00. The van der Waals surface area contributed by atoms with Crippen LogP contribution in [0.1, 0.15) is 56.6 Å². The number of benzene rings is 1. The first kappa shape index (κ1) is 12.0. The molecule has 1 unspecified atom stereocenters. The summed E-state index contributed by atoms with van der Waals surface area (Å²) in [7, 11) is 0. The Morgan fingerprint density at radius 1 is 1.27 bits per heavy atom. The third kappa shape index (κ3) is 3.54. The highest BCUT2D eigenvalue weighted by Gasteiger charge is 2.07. The molecule has 82 valence electrons. The average molecular weight is 202 g/mol. The Bertz CT molecular complexity index is 299. The van der Waals surface area contributed by atoms with Crippen LogP contribution in [0, 0.1) is 0 Å². The molecule has 1 aromatic carbocycles. The Morgan fingerprint density at radius 2 is 2.00 bits per heavy atom. The summed E-state index contributed by atoms with van der Waals surface area (Å²) in [6.07, 6.45) is 7.24. The molecule has 0 bridgehead atoms. The second kappa shape index (κ2) is 6.44. The second-order valence-electron chi connectivity index (χ2n) is 4.23. The highest BCUT2D eigenvalue weighted by atomic mass is 14.1. The van der Waals surface area contributed by atoms with Gasteiger partial charge < -0.3 is 0 Å². The van der Waals surface area contributed by atoms with Gasteiger partial charge in [-0.15, -0.1) is 0 Å². The Hall–Kier alpha value is -1.04. The predicted octanol–water partition coefficient (Wildman–Crippen LogP) is 5.01. The molecule has 0 heterocycles. The summed E-state index contributed by atoms with van der Waals surface area (Å²) < 4.78 is 0. The van der Waals surface area contributed by atoms with Crippen molar-refractivity contribution in [3.8, 4) is 0 Å². The van der Waals surface area contributed by atoms with E-state index in [0.29, 0.717) is 5.92 Å². The van der Waals surface area contributed by atoms with Gasteiger partial charge in [0, 0.05) is 0 Å². The molecule has 0 fully saturated rings. The van der Waals surface area contributed by atoms with Gasteiger partial charge in [-0.25, -0.2) is 0 Å². The molecule has 0 amide bonds. The fourth-order valence-corrected chi connectivity index (χ4v) is 2.00. The average Bonchev–Trinajstić information content (AvgIpc) is 2.29. The summed E-state index contributed by atoms with van der Waals surface area (Å²) in [6, 6.07) is 8.59. The van der Waals surface area contributed by atoms with Crippen LogP contribution in [0.2, 0.25) is 0 Å². The molecule has 0 aromatic heterocycles. The van der Waals surface area contributed by atoms with E-state index in [1.165, 1.54) is 36.8 Å². The van der Waals surface area contributed by atoms with E-state index in [4.69, 9.17) is 0 Å². The number of hydrogen-bond donors (Lipinski definition) is 0. The van der Waals surface area contributed by atoms with Crippen molar-refractivity contribution in [2.75, 3.05) is 0 Å². The van der Waals surface area contributed by atoms with Crippen LogP contribution in [0.15, 0.2) is 30.8 Å². The normalized spacial score (nSPS) is 12.4. The number of unbranched alkanes of at least 4 members (excludes halogenated alkanes) is 2. The van der Waals surface area contributed by atoms with Crippen molar-refractivity contribution in [2.24, 2.45) is 0 Å². The summed E-state index contributed by atoms with van der Waals surface area (Å²) >= 11 is 0. The minimum absolute atomic E-state index is 0.658. The summed E-state index contributed by atoms with van der Waals surface area (Å²) in [5.74, 6) is 0.658. The van der Waals surface area contributed by atoms with Crippen molar-refractivity contribution in [3.63, 3.8) is 0 Å². The largest absolute Gasteiger partial charge is 0.0985 e. The van der Waals surface area contributed by atoms with Crippen LogP contribution < -0.4 is 0 Å². The van der Waals surface area contributed by atoms with E-state index >= 15 is 0 Å². The van der Waals surface area contributed by atoms with Crippen LogP contribution in [0.3, 0.4) is 0 Å². The van der Waals surface area contributed by atoms with Gasteiger partial charge >= 0.3 is 0 Å². The maximum absolute atomic E-state index is 3.87. The van der Waals surface area contributed by atoms with Gasteiger partial charge in [-0.1, -0.05) is 70.0 Å². The second-order valence-corrected chi connectivity index (χ2v) is 4.23. The Balaban J connectivity index is 2.63. The molecule has 0 radical (unpaired) electrons. The summed E-state index contributed by atoms with van der Waals surface area (Å²) in [6.45, 7) is 8.44. The van der Waals surface area contributed by atoms with E-state index in [0.717, 1.165) is 0 Å². The third-order valence-corrected chi connectivity index (χ3v) is 2.99. The lowest BCUT2D eigenvalue weighted by Gasteiger charge is -2.14. The maximum atomic E-state index is 3.87. The molecule has 0 aliphatic rings. The van der Waals surface area contributed by atoms with E-state index < -0.39 is 0 Å². The first-order valence-corrected chi connectivity index (χ1v) is 6.01. The van der Waals surface area contributed by atoms with Crippen molar-refractivity contribution in [1.29, 1.82) is 0 Å². The van der Waals surface area contributed by atoms with Crippen molar-refractivity contribution < 1.29 is 0 Å². The van der Waals surface area contributed by atoms with Crippen LogP contribution >= 0.6 is 0 Å². The fourth-order valence-electron chi connectivity index (χ4n) is 2.00. The van der Waals surface area contributed by atoms with Crippen molar-refractivity contribution in [2.45, 2.75) is 45.4 Å². The minimum Gasteiger partial charge on any atom is -0.0985 e. The van der Waals surface area contributed by atoms with Gasteiger partial charge in [0.1, 0.15) is 0 Å². The highest BCUT2D eigenvalue weighted by Crippen LogP contribution is 2.25. The van der Waals surface area contributed by atoms with E-state index in [9.17, 15) is 0 Å². The standard InChI is InChI=1S/C15H22/c1-4-6-7-10-13(3)15-12-9-8-11-14(15)5-2/h5,8-9,11-13H,2,4,6-7,10H2,1,3H3. The smallest absolute Gasteiger partial charge is 0.0184 e. The molecule has 0 N–H and O–H groups in total. The zero-order chi connectivity index (χ0) is 11.1. The van der Waals surface area contributed by atoms with Gasteiger partial charge in [0.25, 0.3) is 0 Å². The molecule has 0 spiro atoms. The molecule has 1 rings (SSSR count). The van der Waals surface area contributed by atoms with Crippen LogP contribution in [-0.2, 0) is 0 Å². The third-order valence-electron chi connectivity index (χ3n) is 2.99. The molecule has 15 heavy (non-hydrogen) atoms. The maximum Gasteiger partial charge on any atom is -0.0184 e. The predicted molar refractivity (Wildman–Crippen MR) is 69.1 cm³/mol. The van der Waals surface area contributed by atoms with Crippen LogP contribution in [0.25, 0.3) is 6.08 Å². The van der Waals surface area contributed by atoms with Crippen molar-refractivity contribution in [1.82, 2.24) is 0 Å². The Labute approximate surface area is 94.0 Å². The van der Waals surface area contributed by atoms with Gasteiger partial charge in [0.05, 0.1) is 0 Å². The van der Waals surface area contributed by atoms with Gasteiger partial charge in [-0.3, -0.25) is 0 Å². The van der Waals surface area contributed by atoms with Crippen LogP contribution in [0.4, 0.5) is 0 Å². The number of rotatable bonds is 6. The molecule has 0 saturated heterocycles. The quantitative estimate of drug-likeness (QED) is 0.569. The van der Waals surface area contributed by atoms with Crippen LogP contribution in [0.5, 0.6) is 0 Å². The fraction of sp³-hybridized carbons (Fsp3) is 0.467. The molecule has 0 saturated carbocycles. The molecule has 1 atom stereocenters. The summed E-state index contributed by atoms with van der Waals surface area (Å²) in [5, 5.41) is 0. The molecule has 0 heteroatoms. The van der Waals surface area contributed by atoms with Gasteiger partial charge in [-0.2, -0.15) is 0 Å². The minimum atomic E-state index is 0.658. The van der Waals surface area contributed by atoms with E-state index in [2.05, 4.69) is 44.7 Å². The molecular weight excluding hydrogens is 180 g/mol. The SMILES string of the molecule is C=Cc1ccccc1C(C)CCCCC. The molecule has 0 aliphatic heterocycles. The van der Waals surface area contributed by atoms with Crippen molar-refractivity contribution in [3.05, 3.63) is 42.0 Å². The van der Waals surface area contributed by atoms with Crippen molar-refractivity contribution >= 4 is 6.08 Å². The molecule has 0 aliphatic carbocycles. The van der Waals surface area contributed by atoms with Gasteiger partial charge in [0.2, 0.25) is 0 Å². The summed E-state index contributed by atoms with van der Waals surface area (Å²) in [5.41, 5.74) is 2.74.